The summed E-state index contributed by atoms with van der Waals surface area (Å²) < 4.78 is 5.56. The molecule has 0 N–H and O–H groups in total. The fraction of sp³-hybridized carbons (Fsp3) is 0.154. The summed E-state index contributed by atoms with van der Waals surface area (Å²) in [5.41, 5.74) is 2.40. The van der Waals surface area contributed by atoms with Gasteiger partial charge in [-0.2, -0.15) is 0 Å². The second kappa shape index (κ2) is 4.70. The molecular weight excluding hydrogens is 246 g/mol. The molecule has 0 saturated carbocycles. The molecule has 90 valence electrons. The fourth-order valence-electron chi connectivity index (χ4n) is 1.70. The van der Waals surface area contributed by atoms with Gasteiger partial charge >= 0.3 is 0 Å². The molecule has 3 aromatic rings. The Balaban J connectivity index is 2.24. The van der Waals surface area contributed by atoms with Crippen LogP contribution in [0.15, 0.2) is 35.8 Å². The average Bonchev–Trinajstić information content (AvgIpc) is 2.92. The third-order valence-corrected chi connectivity index (χ3v) is 3.23. The number of aromatic nitrogens is 3. The number of para-hydroxylation sites is 2. The summed E-state index contributed by atoms with van der Waals surface area (Å²) in [5.74, 6) is 0.547. The number of fused-ring (bicyclic) bond motifs is 1. The molecule has 0 fully saturated rings. The Morgan fingerprint density at radius 2 is 1.94 bits per heavy atom. The molecule has 0 saturated heterocycles. The Labute approximate surface area is 108 Å². The van der Waals surface area contributed by atoms with Crippen LogP contribution in [0.25, 0.3) is 21.7 Å². The molecule has 1 aromatic carbocycles. The number of benzene rings is 1. The number of nitrogens with zero attached hydrogens (tertiary/aromatic N) is 3. The van der Waals surface area contributed by atoms with Crippen LogP contribution in [0.1, 0.15) is 6.92 Å². The lowest BCUT2D eigenvalue weighted by Gasteiger charge is -2.07. The van der Waals surface area contributed by atoms with Crippen LogP contribution in [0.3, 0.4) is 0 Å². The zero-order valence-corrected chi connectivity index (χ0v) is 10.6. The average molecular weight is 257 g/mol. The highest BCUT2D eigenvalue weighted by molar-refractivity contribution is 7.13. The molecule has 2 heterocycles. The minimum atomic E-state index is 0.547. The van der Waals surface area contributed by atoms with Crippen LogP contribution < -0.4 is 4.74 Å². The van der Waals surface area contributed by atoms with Crippen LogP contribution in [-0.2, 0) is 0 Å². The summed E-state index contributed by atoms with van der Waals surface area (Å²) in [5, 5.41) is 2.75. The Kier molecular flexibility index (Phi) is 2.90. The van der Waals surface area contributed by atoms with Crippen molar-refractivity contribution >= 4 is 22.4 Å². The van der Waals surface area contributed by atoms with E-state index in [0.29, 0.717) is 18.2 Å². The zero-order valence-electron chi connectivity index (χ0n) is 9.83. The largest absolute Gasteiger partial charge is 0.476 e. The number of hydrogen-bond donors (Lipinski definition) is 0. The van der Waals surface area contributed by atoms with Gasteiger partial charge in [0.2, 0.25) is 5.88 Å². The molecule has 4 nitrogen and oxygen atoms in total. The van der Waals surface area contributed by atoms with Crippen molar-refractivity contribution in [3.8, 4) is 16.6 Å². The van der Waals surface area contributed by atoms with Crippen molar-refractivity contribution in [2.75, 3.05) is 6.61 Å². The molecule has 5 heteroatoms. The molecule has 0 unspecified atom stereocenters. The van der Waals surface area contributed by atoms with Gasteiger partial charge in [-0.15, -0.1) is 11.3 Å². The molecule has 0 spiro atoms. The van der Waals surface area contributed by atoms with Gasteiger partial charge in [0.1, 0.15) is 5.01 Å². The fourth-order valence-corrected chi connectivity index (χ4v) is 2.32. The smallest absolute Gasteiger partial charge is 0.243 e. The van der Waals surface area contributed by atoms with Crippen molar-refractivity contribution in [1.82, 2.24) is 15.0 Å². The summed E-state index contributed by atoms with van der Waals surface area (Å²) in [7, 11) is 0. The second-order valence-corrected chi connectivity index (χ2v) is 4.53. The quantitative estimate of drug-likeness (QED) is 0.723. The van der Waals surface area contributed by atoms with Crippen LogP contribution in [0, 0.1) is 0 Å². The van der Waals surface area contributed by atoms with Gasteiger partial charge < -0.3 is 4.74 Å². The van der Waals surface area contributed by atoms with Gasteiger partial charge in [0.05, 0.1) is 17.6 Å². The van der Waals surface area contributed by atoms with Crippen molar-refractivity contribution in [3.63, 3.8) is 0 Å². The Bertz CT molecular complexity index is 667. The van der Waals surface area contributed by atoms with Gasteiger partial charge in [-0.05, 0) is 19.1 Å². The van der Waals surface area contributed by atoms with Crippen LogP contribution in [0.4, 0.5) is 0 Å². The third-order valence-electron chi connectivity index (χ3n) is 2.45. The van der Waals surface area contributed by atoms with Crippen molar-refractivity contribution in [3.05, 3.63) is 35.8 Å². The van der Waals surface area contributed by atoms with Gasteiger partial charge in [-0.1, -0.05) is 12.1 Å². The highest BCUT2D eigenvalue weighted by Gasteiger charge is 2.13. The molecule has 0 aliphatic heterocycles. The number of rotatable bonds is 3. The van der Waals surface area contributed by atoms with E-state index in [0.717, 1.165) is 16.0 Å². The molecular formula is C13H11N3OS. The molecule has 0 atom stereocenters. The van der Waals surface area contributed by atoms with Gasteiger partial charge in [-0.25, -0.2) is 15.0 Å². The van der Waals surface area contributed by atoms with E-state index in [1.807, 2.05) is 36.6 Å². The molecule has 0 bridgehead atoms. The molecule has 18 heavy (non-hydrogen) atoms. The number of ether oxygens (including phenoxy) is 1. The minimum Gasteiger partial charge on any atom is -0.476 e. The second-order valence-electron chi connectivity index (χ2n) is 3.64. The predicted molar refractivity (Wildman–Crippen MR) is 71.8 cm³/mol. The summed E-state index contributed by atoms with van der Waals surface area (Å²) in [4.78, 5) is 13.4. The maximum absolute atomic E-state index is 5.56. The maximum Gasteiger partial charge on any atom is 0.243 e. The van der Waals surface area contributed by atoms with Crippen LogP contribution in [-0.4, -0.2) is 21.6 Å². The van der Waals surface area contributed by atoms with Gasteiger partial charge in [0.25, 0.3) is 0 Å². The number of thiazole rings is 1. The molecule has 0 amide bonds. The van der Waals surface area contributed by atoms with Crippen LogP contribution in [0.5, 0.6) is 5.88 Å². The van der Waals surface area contributed by atoms with E-state index in [9.17, 15) is 0 Å². The van der Waals surface area contributed by atoms with E-state index in [4.69, 9.17) is 4.74 Å². The van der Waals surface area contributed by atoms with E-state index < -0.39 is 0 Å². The maximum atomic E-state index is 5.56. The van der Waals surface area contributed by atoms with Crippen molar-refractivity contribution in [2.45, 2.75) is 6.92 Å². The number of hydrogen-bond acceptors (Lipinski definition) is 5. The standard InChI is InChI=1S/C13H11N3OS/c1-2-17-12-11(13-14-7-8-18-13)15-9-5-3-4-6-10(9)16-12/h3-8H,2H2,1H3. The van der Waals surface area contributed by atoms with E-state index in [1.54, 1.807) is 6.20 Å². The summed E-state index contributed by atoms with van der Waals surface area (Å²) in [6.07, 6.45) is 1.76. The Morgan fingerprint density at radius 1 is 1.17 bits per heavy atom. The van der Waals surface area contributed by atoms with Crippen LogP contribution >= 0.6 is 11.3 Å². The summed E-state index contributed by atoms with van der Waals surface area (Å²) in [6, 6.07) is 7.75. The first-order valence-corrected chi connectivity index (χ1v) is 6.56. The van der Waals surface area contributed by atoms with E-state index in [-0.39, 0.29) is 0 Å². The van der Waals surface area contributed by atoms with Crippen LogP contribution in [0.2, 0.25) is 0 Å². The van der Waals surface area contributed by atoms with Crippen molar-refractivity contribution in [2.24, 2.45) is 0 Å². The van der Waals surface area contributed by atoms with Gasteiger partial charge in [0, 0.05) is 11.6 Å². The lowest BCUT2D eigenvalue weighted by atomic mass is 10.3. The Hall–Kier alpha value is -2.01. The first-order chi connectivity index (χ1) is 8.88. The van der Waals surface area contributed by atoms with Crippen molar-refractivity contribution in [1.29, 1.82) is 0 Å². The molecule has 3 rings (SSSR count). The lowest BCUT2D eigenvalue weighted by molar-refractivity contribution is 0.328. The predicted octanol–water partition coefficient (Wildman–Crippen LogP) is 3.15. The highest BCUT2D eigenvalue weighted by Crippen LogP contribution is 2.29. The SMILES string of the molecule is CCOc1nc2ccccc2nc1-c1nccs1. The van der Waals surface area contributed by atoms with Gasteiger partial charge in [0.15, 0.2) is 5.69 Å². The highest BCUT2D eigenvalue weighted by atomic mass is 32.1. The third kappa shape index (κ3) is 1.93. The first-order valence-electron chi connectivity index (χ1n) is 5.68. The monoisotopic (exact) mass is 257 g/mol. The zero-order chi connectivity index (χ0) is 12.4. The molecule has 0 aliphatic rings. The first kappa shape index (κ1) is 11.1. The summed E-state index contributed by atoms with van der Waals surface area (Å²) in [6.45, 7) is 2.49. The van der Waals surface area contributed by atoms with E-state index >= 15 is 0 Å². The topological polar surface area (TPSA) is 47.9 Å². The van der Waals surface area contributed by atoms with E-state index in [1.165, 1.54) is 11.3 Å². The Morgan fingerprint density at radius 3 is 2.61 bits per heavy atom. The van der Waals surface area contributed by atoms with Crippen molar-refractivity contribution < 1.29 is 4.74 Å². The summed E-state index contributed by atoms with van der Waals surface area (Å²) >= 11 is 1.53. The molecule has 0 radical (unpaired) electrons. The van der Waals surface area contributed by atoms with Gasteiger partial charge in [-0.3, -0.25) is 0 Å². The molecule has 0 aliphatic carbocycles. The lowest BCUT2D eigenvalue weighted by Crippen LogP contribution is -1.99. The normalized spacial score (nSPS) is 10.7. The molecule has 2 aromatic heterocycles. The van der Waals surface area contributed by atoms with E-state index in [2.05, 4.69) is 15.0 Å². The minimum absolute atomic E-state index is 0.547.